The summed E-state index contributed by atoms with van der Waals surface area (Å²) in [6.07, 6.45) is 1.98. The molecule has 0 spiro atoms. The lowest BCUT2D eigenvalue weighted by molar-refractivity contribution is 0.760. The van der Waals surface area contributed by atoms with Crippen LogP contribution in [0, 0.1) is 0 Å². The summed E-state index contributed by atoms with van der Waals surface area (Å²) in [5, 5.41) is 5.01. The Bertz CT molecular complexity index is 231. The predicted molar refractivity (Wildman–Crippen MR) is 56.3 cm³/mol. The van der Waals surface area contributed by atoms with Gasteiger partial charge < -0.3 is 5.32 Å². The molecular formula is C10H13NS. The summed E-state index contributed by atoms with van der Waals surface area (Å²) in [5.41, 5.74) is 1.31. The van der Waals surface area contributed by atoms with Crippen LogP contribution < -0.4 is 5.32 Å². The quantitative estimate of drug-likeness (QED) is 0.533. The first-order chi connectivity index (χ1) is 5.93. The molecule has 0 aliphatic heterocycles. The maximum Gasteiger partial charge on any atom is 0.0208 e. The molecule has 1 aromatic rings. The van der Waals surface area contributed by atoms with Crippen molar-refractivity contribution in [3.8, 4) is 0 Å². The second-order valence-electron chi connectivity index (χ2n) is 2.50. The molecule has 1 nitrogen and oxygen atoms in total. The fourth-order valence-electron chi connectivity index (χ4n) is 0.948. The van der Waals surface area contributed by atoms with Crippen molar-refractivity contribution in [2.24, 2.45) is 0 Å². The smallest absolute Gasteiger partial charge is 0.0208 e. The van der Waals surface area contributed by atoms with Crippen LogP contribution in [0.2, 0.25) is 0 Å². The molecule has 0 radical (unpaired) electrons. The van der Waals surface area contributed by atoms with Crippen LogP contribution in [-0.4, -0.2) is 6.54 Å². The minimum absolute atomic E-state index is 0.873. The summed E-state index contributed by atoms with van der Waals surface area (Å²) in [4.78, 5) is 0. The zero-order valence-corrected chi connectivity index (χ0v) is 7.80. The molecular weight excluding hydrogens is 166 g/mol. The van der Waals surface area contributed by atoms with E-state index in [4.69, 9.17) is 0 Å². The Morgan fingerprint density at radius 2 is 2.00 bits per heavy atom. The van der Waals surface area contributed by atoms with Crippen molar-refractivity contribution >= 4 is 12.6 Å². The van der Waals surface area contributed by atoms with E-state index < -0.39 is 0 Å². The van der Waals surface area contributed by atoms with Gasteiger partial charge in [0.15, 0.2) is 0 Å². The molecule has 0 amide bonds. The first-order valence-electron chi connectivity index (χ1n) is 3.97. The highest BCUT2D eigenvalue weighted by atomic mass is 32.1. The van der Waals surface area contributed by atoms with Crippen LogP contribution in [0.3, 0.4) is 0 Å². The van der Waals surface area contributed by atoms with Crippen molar-refractivity contribution in [2.75, 3.05) is 6.54 Å². The summed E-state index contributed by atoms with van der Waals surface area (Å²) in [7, 11) is 0. The van der Waals surface area contributed by atoms with Gasteiger partial charge in [-0.15, -0.1) is 0 Å². The lowest BCUT2D eigenvalue weighted by Crippen LogP contribution is -2.12. The van der Waals surface area contributed by atoms with Gasteiger partial charge in [0.1, 0.15) is 0 Å². The molecule has 64 valence electrons. The number of hydrogen-bond acceptors (Lipinski definition) is 2. The van der Waals surface area contributed by atoms with Crippen LogP contribution in [0.5, 0.6) is 0 Å². The Labute approximate surface area is 78.9 Å². The fraction of sp³-hybridized carbons (Fsp3) is 0.200. The van der Waals surface area contributed by atoms with Crippen LogP contribution in [0.1, 0.15) is 5.56 Å². The Kier molecular flexibility index (Phi) is 4.57. The molecule has 0 saturated carbocycles. The maximum atomic E-state index is 3.96. The second-order valence-corrected chi connectivity index (χ2v) is 2.80. The van der Waals surface area contributed by atoms with Gasteiger partial charge in [-0.3, -0.25) is 0 Å². The van der Waals surface area contributed by atoms with Crippen molar-refractivity contribution in [2.45, 2.75) is 6.54 Å². The van der Waals surface area contributed by atoms with Gasteiger partial charge in [0, 0.05) is 13.1 Å². The highest BCUT2D eigenvalue weighted by Crippen LogP contribution is 1.96. The molecule has 12 heavy (non-hydrogen) atoms. The van der Waals surface area contributed by atoms with Crippen molar-refractivity contribution in [1.29, 1.82) is 0 Å². The third-order valence-electron chi connectivity index (χ3n) is 1.54. The SMILES string of the molecule is SC=CCNCc1ccccc1. The topological polar surface area (TPSA) is 12.0 Å². The third-order valence-corrected chi connectivity index (χ3v) is 1.75. The Morgan fingerprint density at radius 1 is 1.25 bits per heavy atom. The zero-order chi connectivity index (χ0) is 8.65. The zero-order valence-electron chi connectivity index (χ0n) is 6.90. The molecule has 0 fully saturated rings. The fourth-order valence-corrected chi connectivity index (χ4v) is 1.05. The standard InChI is InChI=1S/C10H13NS/c12-8-4-7-11-9-10-5-2-1-3-6-10/h1-6,8,11-12H,7,9H2. The molecule has 0 unspecified atom stereocenters. The van der Waals surface area contributed by atoms with Gasteiger partial charge >= 0.3 is 0 Å². The van der Waals surface area contributed by atoms with Crippen LogP contribution in [-0.2, 0) is 6.54 Å². The average Bonchev–Trinajstić information content (AvgIpc) is 2.14. The monoisotopic (exact) mass is 179 g/mol. The van der Waals surface area contributed by atoms with Gasteiger partial charge in [-0.2, -0.15) is 12.6 Å². The summed E-state index contributed by atoms with van der Waals surface area (Å²) in [5.74, 6) is 0. The summed E-state index contributed by atoms with van der Waals surface area (Å²) >= 11 is 3.96. The van der Waals surface area contributed by atoms with Crippen LogP contribution in [0.15, 0.2) is 41.8 Å². The summed E-state index contributed by atoms with van der Waals surface area (Å²) in [6, 6.07) is 10.3. The van der Waals surface area contributed by atoms with Gasteiger partial charge in [-0.05, 0) is 11.0 Å². The van der Waals surface area contributed by atoms with Gasteiger partial charge in [-0.1, -0.05) is 36.4 Å². The number of thiol groups is 1. The first-order valence-corrected chi connectivity index (χ1v) is 4.49. The van der Waals surface area contributed by atoms with E-state index in [0.29, 0.717) is 0 Å². The number of rotatable bonds is 4. The molecule has 1 N–H and O–H groups in total. The number of hydrogen-bond donors (Lipinski definition) is 2. The Morgan fingerprint density at radius 3 is 2.67 bits per heavy atom. The van der Waals surface area contributed by atoms with Gasteiger partial charge in [0.2, 0.25) is 0 Å². The van der Waals surface area contributed by atoms with E-state index in [9.17, 15) is 0 Å². The minimum atomic E-state index is 0.873. The minimum Gasteiger partial charge on any atom is -0.309 e. The molecule has 0 aliphatic carbocycles. The van der Waals surface area contributed by atoms with E-state index in [-0.39, 0.29) is 0 Å². The molecule has 1 aromatic carbocycles. The van der Waals surface area contributed by atoms with Crippen LogP contribution >= 0.6 is 12.6 Å². The Balaban J connectivity index is 2.24. The molecule has 0 saturated heterocycles. The average molecular weight is 179 g/mol. The summed E-state index contributed by atoms with van der Waals surface area (Å²) < 4.78 is 0. The van der Waals surface area contributed by atoms with Gasteiger partial charge in [-0.25, -0.2) is 0 Å². The van der Waals surface area contributed by atoms with Crippen molar-refractivity contribution in [3.05, 3.63) is 47.4 Å². The molecule has 0 bridgehead atoms. The highest BCUT2D eigenvalue weighted by Gasteiger charge is 1.86. The van der Waals surface area contributed by atoms with Crippen molar-refractivity contribution in [3.63, 3.8) is 0 Å². The van der Waals surface area contributed by atoms with Gasteiger partial charge in [0.25, 0.3) is 0 Å². The predicted octanol–water partition coefficient (Wildman–Crippen LogP) is 2.22. The largest absolute Gasteiger partial charge is 0.309 e. The first kappa shape index (κ1) is 9.36. The van der Waals surface area contributed by atoms with E-state index in [2.05, 4.69) is 30.1 Å². The van der Waals surface area contributed by atoms with E-state index in [1.807, 2.05) is 24.3 Å². The van der Waals surface area contributed by atoms with Crippen molar-refractivity contribution in [1.82, 2.24) is 5.32 Å². The maximum absolute atomic E-state index is 3.96. The number of benzene rings is 1. The molecule has 1 rings (SSSR count). The third kappa shape index (κ3) is 3.60. The molecule has 0 heterocycles. The van der Waals surface area contributed by atoms with E-state index in [1.54, 1.807) is 5.41 Å². The highest BCUT2D eigenvalue weighted by molar-refractivity contribution is 7.83. The second kappa shape index (κ2) is 5.86. The lowest BCUT2D eigenvalue weighted by Gasteiger charge is -2.00. The molecule has 0 aliphatic rings. The molecule has 0 aromatic heterocycles. The van der Waals surface area contributed by atoms with Gasteiger partial charge in [0.05, 0.1) is 0 Å². The molecule has 2 heteroatoms. The van der Waals surface area contributed by atoms with Crippen molar-refractivity contribution < 1.29 is 0 Å². The van der Waals surface area contributed by atoms with E-state index in [0.717, 1.165) is 13.1 Å². The number of nitrogens with one attached hydrogen (secondary N) is 1. The van der Waals surface area contributed by atoms with E-state index >= 15 is 0 Å². The lowest BCUT2D eigenvalue weighted by atomic mass is 10.2. The normalized spacial score (nSPS) is 10.8. The Hall–Kier alpha value is -0.730. The van der Waals surface area contributed by atoms with Crippen LogP contribution in [0.4, 0.5) is 0 Å². The summed E-state index contributed by atoms with van der Waals surface area (Å²) in [6.45, 7) is 1.79. The molecule has 0 atom stereocenters. The van der Waals surface area contributed by atoms with E-state index in [1.165, 1.54) is 5.56 Å². The van der Waals surface area contributed by atoms with Crippen LogP contribution in [0.25, 0.3) is 0 Å².